The Balaban J connectivity index is 1.46. The number of nitrogens with one attached hydrogen (secondary N) is 2. The summed E-state index contributed by atoms with van der Waals surface area (Å²) in [4.78, 5) is 43.5. The highest BCUT2D eigenvalue weighted by atomic mass is 35.5. The Kier molecular flexibility index (Phi) is 7.01. The van der Waals surface area contributed by atoms with Gasteiger partial charge in [0, 0.05) is 24.5 Å². The zero-order valence-electron chi connectivity index (χ0n) is 20.4. The van der Waals surface area contributed by atoms with Gasteiger partial charge in [0.05, 0.1) is 23.9 Å². The Hall–Kier alpha value is -3.32. The molecule has 2 unspecified atom stereocenters. The lowest BCUT2D eigenvalue weighted by Crippen LogP contribution is -2.52. The van der Waals surface area contributed by atoms with E-state index >= 15 is 0 Å². The number of hydrogen-bond donors (Lipinski definition) is 2. The summed E-state index contributed by atoms with van der Waals surface area (Å²) in [5.41, 5.74) is 2.89. The molecule has 36 heavy (non-hydrogen) atoms. The maximum Gasteiger partial charge on any atom is 0.322 e. The first kappa shape index (κ1) is 24.4. The molecule has 0 radical (unpaired) electrons. The summed E-state index contributed by atoms with van der Waals surface area (Å²) in [5.74, 6) is -0.361. The minimum atomic E-state index is -0.679. The number of carbonyl (C=O) groups is 3. The Labute approximate surface area is 216 Å². The van der Waals surface area contributed by atoms with Gasteiger partial charge in [0.15, 0.2) is 0 Å². The van der Waals surface area contributed by atoms with Gasteiger partial charge >= 0.3 is 6.03 Å². The molecule has 4 amide bonds. The predicted octanol–water partition coefficient (Wildman–Crippen LogP) is 4.19. The fourth-order valence-electron chi connectivity index (χ4n) is 5.47. The normalized spacial score (nSPS) is 21.3. The van der Waals surface area contributed by atoms with Crippen LogP contribution in [0.15, 0.2) is 65.9 Å². The van der Waals surface area contributed by atoms with E-state index in [0.29, 0.717) is 22.7 Å². The Morgan fingerprint density at radius 1 is 1.06 bits per heavy atom. The summed E-state index contributed by atoms with van der Waals surface area (Å²) in [6.45, 7) is 0.206. The molecule has 188 valence electrons. The van der Waals surface area contributed by atoms with E-state index in [9.17, 15) is 14.4 Å². The van der Waals surface area contributed by atoms with E-state index < -0.39 is 12.1 Å². The Morgan fingerprint density at radius 2 is 1.75 bits per heavy atom. The molecule has 2 atom stereocenters. The lowest BCUT2D eigenvalue weighted by atomic mass is 9.94. The largest absolute Gasteiger partial charge is 0.352 e. The highest BCUT2D eigenvalue weighted by Crippen LogP contribution is 2.37. The van der Waals surface area contributed by atoms with Gasteiger partial charge in [-0.25, -0.2) is 4.79 Å². The fraction of sp³-hybridized carbons (Fsp3) is 0.393. The van der Waals surface area contributed by atoms with Crippen LogP contribution >= 0.6 is 11.6 Å². The first-order valence-electron chi connectivity index (χ1n) is 12.6. The first-order chi connectivity index (χ1) is 17.4. The van der Waals surface area contributed by atoms with Gasteiger partial charge in [-0.3, -0.25) is 14.5 Å². The number of likely N-dealkylation sites (N-methyl/N-ethyl adjacent to an activating group) is 1. The molecular weight excluding hydrogens is 476 g/mol. The molecule has 0 bridgehead atoms. The lowest BCUT2D eigenvalue weighted by molar-refractivity contribution is -0.137. The molecule has 0 aromatic heterocycles. The van der Waals surface area contributed by atoms with Gasteiger partial charge < -0.3 is 15.5 Å². The molecule has 2 heterocycles. The Morgan fingerprint density at radius 3 is 2.44 bits per heavy atom. The minimum absolute atomic E-state index is 0.135. The van der Waals surface area contributed by atoms with E-state index in [1.807, 2.05) is 42.5 Å². The second-order valence-corrected chi connectivity index (χ2v) is 10.3. The number of hydrogen-bond acceptors (Lipinski definition) is 3. The van der Waals surface area contributed by atoms with Crippen LogP contribution in [0.4, 0.5) is 4.79 Å². The molecule has 7 nitrogen and oxygen atoms in total. The van der Waals surface area contributed by atoms with Crippen LogP contribution in [-0.2, 0) is 16.0 Å². The number of amides is 4. The van der Waals surface area contributed by atoms with Crippen LogP contribution in [0.1, 0.15) is 49.3 Å². The maximum absolute atomic E-state index is 14.0. The van der Waals surface area contributed by atoms with Gasteiger partial charge in [0.25, 0.3) is 5.91 Å². The van der Waals surface area contributed by atoms with Crippen molar-refractivity contribution in [3.05, 3.63) is 82.0 Å². The topological polar surface area (TPSA) is 81.8 Å². The van der Waals surface area contributed by atoms with Crippen molar-refractivity contribution >= 4 is 29.4 Å². The van der Waals surface area contributed by atoms with Crippen molar-refractivity contribution in [3.8, 4) is 0 Å². The van der Waals surface area contributed by atoms with Crippen molar-refractivity contribution in [1.29, 1.82) is 0 Å². The lowest BCUT2D eigenvalue weighted by Gasteiger charge is -2.31. The number of rotatable bonds is 6. The molecule has 1 fully saturated rings. The van der Waals surface area contributed by atoms with Crippen molar-refractivity contribution in [2.45, 2.75) is 56.7 Å². The van der Waals surface area contributed by atoms with Gasteiger partial charge in [0.1, 0.15) is 6.04 Å². The van der Waals surface area contributed by atoms with Gasteiger partial charge in [-0.1, -0.05) is 73.3 Å². The van der Waals surface area contributed by atoms with Crippen molar-refractivity contribution < 1.29 is 14.4 Å². The monoisotopic (exact) mass is 506 g/mol. The number of benzene rings is 2. The van der Waals surface area contributed by atoms with Crippen molar-refractivity contribution in [1.82, 2.24) is 20.4 Å². The number of urea groups is 1. The van der Waals surface area contributed by atoms with Gasteiger partial charge in [-0.05, 0) is 36.1 Å². The summed E-state index contributed by atoms with van der Waals surface area (Å²) in [5, 5.41) is 6.75. The number of halogens is 1. The molecule has 0 saturated heterocycles. The summed E-state index contributed by atoms with van der Waals surface area (Å²) in [6, 6.07) is 15.5. The summed E-state index contributed by atoms with van der Waals surface area (Å²) in [7, 11) is 1.66. The number of carbonyl (C=O) groups excluding carboxylic acids is 3. The van der Waals surface area contributed by atoms with Crippen molar-refractivity contribution in [2.75, 3.05) is 13.6 Å². The van der Waals surface area contributed by atoms with E-state index in [1.54, 1.807) is 24.1 Å². The SMILES string of the molecule is CN1C(=O)NC(c2ccc(Cl)cc2)C2=C1CN(C(Cc1ccccc1)C(=O)NC1CCCCC1)C2=O. The molecule has 1 saturated carbocycles. The van der Waals surface area contributed by atoms with Crippen molar-refractivity contribution in [2.24, 2.45) is 0 Å². The fourth-order valence-corrected chi connectivity index (χ4v) is 5.60. The van der Waals surface area contributed by atoms with E-state index in [4.69, 9.17) is 11.6 Å². The molecule has 3 aliphatic rings. The van der Waals surface area contributed by atoms with Gasteiger partial charge in [-0.15, -0.1) is 0 Å². The van der Waals surface area contributed by atoms with Crippen LogP contribution in [-0.4, -0.2) is 53.3 Å². The smallest absolute Gasteiger partial charge is 0.322 e. The average Bonchev–Trinajstić information content (AvgIpc) is 3.23. The maximum atomic E-state index is 14.0. The Bertz CT molecular complexity index is 1180. The molecule has 2 aliphatic heterocycles. The van der Waals surface area contributed by atoms with Crippen LogP contribution in [0.5, 0.6) is 0 Å². The second kappa shape index (κ2) is 10.3. The average molecular weight is 507 g/mol. The molecule has 2 aromatic carbocycles. The standard InChI is InChI=1S/C28H31ClN4O3/c1-32-23-17-33(27(35)24(23)25(31-28(32)36)19-12-14-20(29)15-13-19)22(16-18-8-4-2-5-9-18)26(34)30-21-10-6-3-7-11-21/h2,4-5,8-9,12-15,21-22,25H,3,6-7,10-11,16-17H2,1H3,(H,30,34)(H,31,36). The van der Waals surface area contributed by atoms with Crippen LogP contribution < -0.4 is 10.6 Å². The summed E-state index contributed by atoms with van der Waals surface area (Å²) in [6.07, 6.45) is 5.74. The third-order valence-corrected chi connectivity index (χ3v) is 7.75. The zero-order valence-corrected chi connectivity index (χ0v) is 21.1. The van der Waals surface area contributed by atoms with Crippen LogP contribution in [0.2, 0.25) is 5.02 Å². The molecule has 5 rings (SSSR count). The molecule has 0 spiro atoms. The highest BCUT2D eigenvalue weighted by molar-refractivity contribution is 6.30. The van der Waals surface area contributed by atoms with E-state index in [-0.39, 0.29) is 30.4 Å². The number of nitrogens with zero attached hydrogens (tertiary/aromatic N) is 2. The zero-order chi connectivity index (χ0) is 25.2. The summed E-state index contributed by atoms with van der Waals surface area (Å²) < 4.78 is 0. The first-order valence-corrected chi connectivity index (χ1v) is 13.0. The molecule has 2 N–H and O–H groups in total. The summed E-state index contributed by atoms with van der Waals surface area (Å²) >= 11 is 6.07. The molecular formula is C28H31ClN4O3. The van der Waals surface area contributed by atoms with Crippen molar-refractivity contribution in [3.63, 3.8) is 0 Å². The highest BCUT2D eigenvalue weighted by Gasteiger charge is 2.46. The van der Waals surface area contributed by atoms with Gasteiger partial charge in [0.2, 0.25) is 5.91 Å². The van der Waals surface area contributed by atoms with E-state index in [1.165, 1.54) is 11.3 Å². The van der Waals surface area contributed by atoms with Crippen LogP contribution in [0.3, 0.4) is 0 Å². The molecule has 2 aromatic rings. The van der Waals surface area contributed by atoms with E-state index in [2.05, 4.69) is 10.6 Å². The predicted molar refractivity (Wildman–Crippen MR) is 138 cm³/mol. The third-order valence-electron chi connectivity index (χ3n) is 7.49. The quantitative estimate of drug-likeness (QED) is 0.616. The van der Waals surface area contributed by atoms with Crippen LogP contribution in [0.25, 0.3) is 0 Å². The molecule has 1 aliphatic carbocycles. The minimum Gasteiger partial charge on any atom is -0.352 e. The van der Waals surface area contributed by atoms with Gasteiger partial charge in [-0.2, -0.15) is 0 Å². The molecule has 8 heteroatoms. The van der Waals surface area contributed by atoms with E-state index in [0.717, 1.165) is 36.8 Å². The third kappa shape index (κ3) is 4.85. The van der Waals surface area contributed by atoms with Crippen LogP contribution in [0, 0.1) is 0 Å². The second-order valence-electron chi connectivity index (χ2n) is 9.84.